The van der Waals surface area contributed by atoms with Crippen molar-refractivity contribution in [2.75, 3.05) is 0 Å². The van der Waals surface area contributed by atoms with Crippen LogP contribution in [-0.2, 0) is 6.42 Å². The van der Waals surface area contributed by atoms with Crippen molar-refractivity contribution in [3.63, 3.8) is 0 Å². The highest BCUT2D eigenvalue weighted by Gasteiger charge is 2.14. The Balaban J connectivity index is 1.77. The quantitative estimate of drug-likeness (QED) is 0.391. The second-order valence-electron chi connectivity index (χ2n) is 7.37. The number of benzene rings is 1. The molecule has 1 aliphatic rings. The monoisotopic (exact) mass is 312 g/mol. The number of allylic oxidation sites excluding steroid dienone is 2. The fraction of sp³-hybridized carbons (Fsp3) is 0.652. The molecule has 0 amide bonds. The van der Waals surface area contributed by atoms with E-state index in [1.807, 2.05) is 0 Å². The molecule has 0 N–H and O–H groups in total. The van der Waals surface area contributed by atoms with Gasteiger partial charge >= 0.3 is 0 Å². The summed E-state index contributed by atoms with van der Waals surface area (Å²) in [6.45, 7) is 4.58. The van der Waals surface area contributed by atoms with Crippen LogP contribution in [0, 0.1) is 5.92 Å². The SMILES string of the molecule is CCCCCCCc1ccc(C2=CCC(CCCC)CC2)cc1. The van der Waals surface area contributed by atoms with Crippen molar-refractivity contribution in [3.8, 4) is 0 Å². The number of rotatable bonds is 10. The Bertz CT molecular complexity index is 451. The van der Waals surface area contributed by atoms with Gasteiger partial charge in [-0.25, -0.2) is 0 Å². The van der Waals surface area contributed by atoms with Crippen molar-refractivity contribution in [3.05, 3.63) is 41.5 Å². The summed E-state index contributed by atoms with van der Waals surface area (Å²) in [4.78, 5) is 0. The molecule has 0 heteroatoms. The maximum absolute atomic E-state index is 2.52. The first kappa shape index (κ1) is 18.3. The summed E-state index contributed by atoms with van der Waals surface area (Å²) < 4.78 is 0. The Morgan fingerprint density at radius 3 is 2.26 bits per heavy atom. The van der Waals surface area contributed by atoms with Crippen LogP contribution < -0.4 is 0 Å². The van der Waals surface area contributed by atoms with E-state index >= 15 is 0 Å². The van der Waals surface area contributed by atoms with E-state index in [0.29, 0.717) is 0 Å². The summed E-state index contributed by atoms with van der Waals surface area (Å²) in [5, 5.41) is 0. The highest BCUT2D eigenvalue weighted by Crippen LogP contribution is 2.32. The summed E-state index contributed by atoms with van der Waals surface area (Å²) in [5.74, 6) is 0.945. The zero-order valence-electron chi connectivity index (χ0n) is 15.4. The van der Waals surface area contributed by atoms with Gasteiger partial charge in [-0.1, -0.05) is 89.1 Å². The Morgan fingerprint density at radius 2 is 1.61 bits per heavy atom. The van der Waals surface area contributed by atoms with Gasteiger partial charge in [0.05, 0.1) is 0 Å². The van der Waals surface area contributed by atoms with Crippen LogP contribution in [0.4, 0.5) is 0 Å². The van der Waals surface area contributed by atoms with Crippen LogP contribution >= 0.6 is 0 Å². The first-order valence-electron chi connectivity index (χ1n) is 10.1. The van der Waals surface area contributed by atoms with Gasteiger partial charge in [-0.3, -0.25) is 0 Å². The van der Waals surface area contributed by atoms with Crippen molar-refractivity contribution in [1.29, 1.82) is 0 Å². The van der Waals surface area contributed by atoms with E-state index in [9.17, 15) is 0 Å². The molecule has 0 aromatic heterocycles. The molecule has 0 aliphatic heterocycles. The third-order valence-electron chi connectivity index (χ3n) is 5.38. The fourth-order valence-corrected chi connectivity index (χ4v) is 3.72. The number of hydrogen-bond donors (Lipinski definition) is 0. The predicted octanol–water partition coefficient (Wildman–Crippen LogP) is 7.57. The molecule has 0 radical (unpaired) electrons. The standard InChI is InChI=1S/C23H36/c1-3-5-7-8-9-11-21-14-18-23(19-15-21)22-16-12-20(13-17-22)10-6-4-2/h14-16,18-20H,3-13,17H2,1-2H3. The van der Waals surface area contributed by atoms with E-state index in [2.05, 4.69) is 44.2 Å². The van der Waals surface area contributed by atoms with Gasteiger partial charge in [-0.2, -0.15) is 0 Å². The normalized spacial score (nSPS) is 18.0. The van der Waals surface area contributed by atoms with Crippen LogP contribution in [0.2, 0.25) is 0 Å². The van der Waals surface area contributed by atoms with Gasteiger partial charge in [0.15, 0.2) is 0 Å². The average molecular weight is 313 g/mol. The summed E-state index contributed by atoms with van der Waals surface area (Å²) >= 11 is 0. The van der Waals surface area contributed by atoms with Crippen LogP contribution in [0.5, 0.6) is 0 Å². The Morgan fingerprint density at radius 1 is 0.870 bits per heavy atom. The van der Waals surface area contributed by atoms with Gasteiger partial charge in [0.1, 0.15) is 0 Å². The Labute approximate surface area is 144 Å². The van der Waals surface area contributed by atoms with Crippen LogP contribution in [0.3, 0.4) is 0 Å². The first-order valence-corrected chi connectivity index (χ1v) is 10.1. The summed E-state index contributed by atoms with van der Waals surface area (Å²) in [7, 11) is 0. The molecule has 1 aromatic carbocycles. The van der Waals surface area contributed by atoms with Crippen molar-refractivity contribution in [1.82, 2.24) is 0 Å². The third-order valence-corrected chi connectivity index (χ3v) is 5.38. The molecule has 23 heavy (non-hydrogen) atoms. The number of aryl methyl sites for hydroxylation is 1. The Hall–Kier alpha value is -1.04. The van der Waals surface area contributed by atoms with Crippen LogP contribution in [0.1, 0.15) is 95.6 Å². The average Bonchev–Trinajstić information content (AvgIpc) is 2.61. The molecule has 1 aromatic rings. The van der Waals surface area contributed by atoms with Gasteiger partial charge in [-0.05, 0) is 54.7 Å². The molecule has 0 bridgehead atoms. The molecule has 1 unspecified atom stereocenters. The van der Waals surface area contributed by atoms with Gasteiger partial charge in [0.25, 0.3) is 0 Å². The molecule has 0 spiro atoms. The number of hydrogen-bond acceptors (Lipinski definition) is 0. The number of unbranched alkanes of at least 4 members (excludes halogenated alkanes) is 5. The molecule has 1 aliphatic carbocycles. The Kier molecular flexibility index (Phi) is 8.50. The highest BCUT2D eigenvalue weighted by atomic mass is 14.2. The van der Waals surface area contributed by atoms with Gasteiger partial charge < -0.3 is 0 Å². The maximum Gasteiger partial charge on any atom is -0.0228 e. The third kappa shape index (κ3) is 6.53. The van der Waals surface area contributed by atoms with Crippen LogP contribution in [-0.4, -0.2) is 0 Å². The second-order valence-corrected chi connectivity index (χ2v) is 7.37. The van der Waals surface area contributed by atoms with E-state index in [4.69, 9.17) is 0 Å². The topological polar surface area (TPSA) is 0 Å². The lowest BCUT2D eigenvalue weighted by Gasteiger charge is -2.22. The van der Waals surface area contributed by atoms with Gasteiger partial charge in [0, 0.05) is 0 Å². The molecular formula is C23H36. The van der Waals surface area contributed by atoms with Gasteiger partial charge in [-0.15, -0.1) is 0 Å². The zero-order chi connectivity index (χ0) is 16.3. The molecule has 128 valence electrons. The molecular weight excluding hydrogens is 276 g/mol. The molecule has 0 heterocycles. The minimum atomic E-state index is 0.945. The van der Waals surface area contributed by atoms with E-state index in [-0.39, 0.29) is 0 Å². The van der Waals surface area contributed by atoms with E-state index in [1.54, 1.807) is 5.57 Å². The smallest absolute Gasteiger partial charge is 0.0228 e. The van der Waals surface area contributed by atoms with Crippen molar-refractivity contribution in [2.24, 2.45) is 5.92 Å². The van der Waals surface area contributed by atoms with Gasteiger partial charge in [0.2, 0.25) is 0 Å². The van der Waals surface area contributed by atoms with Crippen molar-refractivity contribution in [2.45, 2.75) is 90.9 Å². The molecule has 1 atom stereocenters. The second kappa shape index (κ2) is 10.7. The first-order chi connectivity index (χ1) is 11.3. The largest absolute Gasteiger partial charge is 0.0804 e. The van der Waals surface area contributed by atoms with Crippen molar-refractivity contribution >= 4 is 5.57 Å². The van der Waals surface area contributed by atoms with Crippen LogP contribution in [0.15, 0.2) is 30.3 Å². The molecule has 0 fully saturated rings. The molecule has 0 saturated carbocycles. The lowest BCUT2D eigenvalue weighted by molar-refractivity contribution is 0.434. The fourth-order valence-electron chi connectivity index (χ4n) is 3.72. The lowest BCUT2D eigenvalue weighted by atomic mass is 9.84. The lowest BCUT2D eigenvalue weighted by Crippen LogP contribution is -2.05. The molecule has 0 nitrogen and oxygen atoms in total. The summed E-state index contributed by atoms with van der Waals surface area (Å²) in [5.41, 5.74) is 4.57. The minimum Gasteiger partial charge on any atom is -0.0804 e. The zero-order valence-corrected chi connectivity index (χ0v) is 15.4. The summed E-state index contributed by atoms with van der Waals surface area (Å²) in [6.07, 6.45) is 18.8. The minimum absolute atomic E-state index is 0.945. The van der Waals surface area contributed by atoms with E-state index < -0.39 is 0 Å². The predicted molar refractivity (Wildman–Crippen MR) is 104 cm³/mol. The summed E-state index contributed by atoms with van der Waals surface area (Å²) in [6, 6.07) is 9.44. The maximum atomic E-state index is 2.52. The van der Waals surface area contributed by atoms with E-state index in [1.165, 1.54) is 88.2 Å². The molecule has 0 saturated heterocycles. The van der Waals surface area contributed by atoms with E-state index in [0.717, 1.165) is 5.92 Å². The van der Waals surface area contributed by atoms with Crippen molar-refractivity contribution < 1.29 is 0 Å². The molecule has 2 rings (SSSR count). The van der Waals surface area contributed by atoms with Crippen LogP contribution in [0.25, 0.3) is 5.57 Å². The highest BCUT2D eigenvalue weighted by molar-refractivity contribution is 5.66.